The Morgan fingerprint density at radius 1 is 1.04 bits per heavy atom. The van der Waals surface area contributed by atoms with E-state index in [1.807, 2.05) is 0 Å². The molecule has 0 spiro atoms. The first-order chi connectivity index (χ1) is 11.8. The highest BCUT2D eigenvalue weighted by molar-refractivity contribution is 5.66. The van der Waals surface area contributed by atoms with E-state index < -0.39 is 5.60 Å². The number of carbonyl (C=O) groups is 1. The number of aliphatic hydroxyl groups is 1. The Hall–Kier alpha value is -0.610. The van der Waals surface area contributed by atoms with Crippen LogP contribution in [-0.4, -0.2) is 35.0 Å². The van der Waals surface area contributed by atoms with E-state index in [1.54, 1.807) is 0 Å². The zero-order chi connectivity index (χ0) is 17.6. The molecule has 4 saturated carbocycles. The predicted molar refractivity (Wildman–Crippen MR) is 92.8 cm³/mol. The lowest BCUT2D eigenvalue weighted by Crippen LogP contribution is -2.64. The van der Waals surface area contributed by atoms with Gasteiger partial charge in [0.1, 0.15) is 12.2 Å². The van der Waals surface area contributed by atoms with Crippen molar-refractivity contribution in [3.05, 3.63) is 0 Å². The first-order valence-corrected chi connectivity index (χ1v) is 10.3. The van der Waals surface area contributed by atoms with Gasteiger partial charge in [0.05, 0.1) is 11.7 Å². The largest absolute Gasteiger partial charge is 0.462 e. The van der Waals surface area contributed by atoms with Crippen LogP contribution in [0.25, 0.3) is 0 Å². The van der Waals surface area contributed by atoms with Crippen LogP contribution in [0.15, 0.2) is 0 Å². The maximum Gasteiger partial charge on any atom is 0.302 e. The van der Waals surface area contributed by atoms with Crippen LogP contribution >= 0.6 is 0 Å². The van der Waals surface area contributed by atoms with Gasteiger partial charge in [-0.25, -0.2) is 0 Å². The van der Waals surface area contributed by atoms with Gasteiger partial charge in [0, 0.05) is 17.8 Å². The third-order valence-electron chi connectivity index (χ3n) is 9.33. The van der Waals surface area contributed by atoms with Crippen LogP contribution in [0.3, 0.4) is 0 Å². The van der Waals surface area contributed by atoms with Gasteiger partial charge in [0.25, 0.3) is 0 Å². The van der Waals surface area contributed by atoms with E-state index in [4.69, 9.17) is 9.47 Å². The smallest absolute Gasteiger partial charge is 0.302 e. The van der Waals surface area contributed by atoms with Crippen molar-refractivity contribution in [2.24, 2.45) is 28.6 Å². The summed E-state index contributed by atoms with van der Waals surface area (Å²) in [6, 6.07) is 0. The highest BCUT2D eigenvalue weighted by atomic mass is 16.6. The van der Waals surface area contributed by atoms with Gasteiger partial charge < -0.3 is 14.6 Å². The van der Waals surface area contributed by atoms with E-state index in [9.17, 15) is 9.90 Å². The second-order valence-corrected chi connectivity index (χ2v) is 10.1. The van der Waals surface area contributed by atoms with Crippen LogP contribution in [0.4, 0.5) is 0 Å². The SMILES string of the molecule is CC(=O)O[C@H]1CC[C@H]2[C@@H]3CC[C@]4(O)[C@H]5O[C@H]5CC[C@]4(C)[C@H]3CC[C@]12C. The molecular weight excluding hydrogens is 316 g/mol. The summed E-state index contributed by atoms with van der Waals surface area (Å²) in [6.07, 6.45) is 9.18. The molecule has 0 bridgehead atoms. The molecule has 1 aliphatic heterocycles. The summed E-state index contributed by atoms with van der Waals surface area (Å²) >= 11 is 0. The molecule has 0 amide bonds. The van der Waals surface area contributed by atoms with Crippen molar-refractivity contribution in [2.75, 3.05) is 0 Å². The van der Waals surface area contributed by atoms with E-state index in [0.29, 0.717) is 23.9 Å². The minimum Gasteiger partial charge on any atom is -0.462 e. The Morgan fingerprint density at radius 2 is 1.84 bits per heavy atom. The molecule has 1 N–H and O–H groups in total. The minimum atomic E-state index is -0.612. The molecule has 0 aromatic heterocycles. The second kappa shape index (κ2) is 5.01. The van der Waals surface area contributed by atoms with Crippen LogP contribution in [0, 0.1) is 28.6 Å². The van der Waals surface area contributed by atoms with Gasteiger partial charge in [-0.15, -0.1) is 0 Å². The van der Waals surface area contributed by atoms with Crippen molar-refractivity contribution >= 4 is 5.97 Å². The van der Waals surface area contributed by atoms with Crippen molar-refractivity contribution in [3.8, 4) is 0 Å². The second-order valence-electron chi connectivity index (χ2n) is 10.1. The van der Waals surface area contributed by atoms with Crippen LogP contribution in [0.2, 0.25) is 0 Å². The first kappa shape index (κ1) is 16.6. The molecule has 5 rings (SSSR count). The molecule has 25 heavy (non-hydrogen) atoms. The Kier molecular flexibility index (Phi) is 3.32. The van der Waals surface area contributed by atoms with Crippen molar-refractivity contribution < 1.29 is 19.4 Å². The van der Waals surface area contributed by atoms with E-state index in [2.05, 4.69) is 13.8 Å². The lowest BCUT2D eigenvalue weighted by atomic mass is 9.44. The maximum atomic E-state index is 11.6. The number of hydrogen-bond acceptors (Lipinski definition) is 4. The molecule has 0 aromatic rings. The van der Waals surface area contributed by atoms with Gasteiger partial charge in [0.15, 0.2) is 0 Å². The number of esters is 1. The standard InChI is InChI=1S/C21H32O4/c1-12(22)24-17-5-4-14-13-6-11-21(23)18-16(25-18)8-10-20(21,3)15(13)7-9-19(14,17)2/h13-18,23H,4-11H2,1-3H3/t13-,14-,15-,16-,17-,18-,19-,20+,21-/m0/s1. The molecule has 9 atom stereocenters. The fraction of sp³-hybridized carbons (Fsp3) is 0.952. The number of epoxide rings is 1. The highest BCUT2D eigenvalue weighted by Gasteiger charge is 2.71. The number of ether oxygens (including phenoxy) is 2. The summed E-state index contributed by atoms with van der Waals surface area (Å²) in [5, 5.41) is 11.6. The normalized spacial score (nSPS) is 59.2. The lowest BCUT2D eigenvalue weighted by Gasteiger charge is -2.62. The molecule has 5 fully saturated rings. The third-order valence-corrected chi connectivity index (χ3v) is 9.33. The molecule has 0 aromatic carbocycles. The number of carbonyl (C=O) groups excluding carboxylic acids is 1. The molecule has 0 unspecified atom stereocenters. The summed E-state index contributed by atoms with van der Waals surface area (Å²) < 4.78 is 11.6. The number of rotatable bonds is 1. The van der Waals surface area contributed by atoms with Gasteiger partial charge in [-0.05, 0) is 69.1 Å². The van der Waals surface area contributed by atoms with Crippen molar-refractivity contribution in [2.45, 2.75) is 96.1 Å². The van der Waals surface area contributed by atoms with Crippen LogP contribution in [-0.2, 0) is 14.3 Å². The van der Waals surface area contributed by atoms with Gasteiger partial charge >= 0.3 is 5.97 Å². The van der Waals surface area contributed by atoms with Crippen LogP contribution < -0.4 is 0 Å². The van der Waals surface area contributed by atoms with Crippen molar-refractivity contribution in [3.63, 3.8) is 0 Å². The summed E-state index contributed by atoms with van der Waals surface area (Å²) in [6.45, 7) is 6.25. The van der Waals surface area contributed by atoms with E-state index in [1.165, 1.54) is 13.3 Å². The summed E-state index contributed by atoms with van der Waals surface area (Å²) in [5.41, 5.74) is -0.487. The van der Waals surface area contributed by atoms with Gasteiger partial charge in [-0.3, -0.25) is 4.79 Å². The molecule has 5 aliphatic rings. The fourth-order valence-corrected chi connectivity index (χ4v) is 7.91. The van der Waals surface area contributed by atoms with Crippen molar-refractivity contribution in [1.29, 1.82) is 0 Å². The molecule has 1 saturated heterocycles. The molecule has 1 heterocycles. The Labute approximate surface area is 150 Å². The Morgan fingerprint density at radius 3 is 2.60 bits per heavy atom. The Balaban J connectivity index is 1.45. The third kappa shape index (κ3) is 1.99. The zero-order valence-corrected chi connectivity index (χ0v) is 15.8. The Bertz CT molecular complexity index is 605. The molecule has 4 nitrogen and oxygen atoms in total. The molecule has 0 radical (unpaired) electrons. The average molecular weight is 348 g/mol. The maximum absolute atomic E-state index is 11.6. The molecule has 4 heteroatoms. The summed E-state index contributed by atoms with van der Waals surface area (Å²) in [7, 11) is 0. The minimum absolute atomic E-state index is 0.00552. The monoisotopic (exact) mass is 348 g/mol. The molecule has 140 valence electrons. The summed E-state index contributed by atoms with van der Waals surface area (Å²) in [5.74, 6) is 1.75. The van der Waals surface area contributed by atoms with Crippen LogP contribution in [0.5, 0.6) is 0 Å². The molecule has 4 aliphatic carbocycles. The quantitative estimate of drug-likeness (QED) is 0.582. The first-order valence-electron chi connectivity index (χ1n) is 10.3. The van der Waals surface area contributed by atoms with Crippen molar-refractivity contribution in [1.82, 2.24) is 0 Å². The number of hydrogen-bond donors (Lipinski definition) is 1. The fourth-order valence-electron chi connectivity index (χ4n) is 7.91. The van der Waals surface area contributed by atoms with E-state index in [-0.39, 0.29) is 29.0 Å². The summed E-state index contributed by atoms with van der Waals surface area (Å²) in [4.78, 5) is 11.6. The topological polar surface area (TPSA) is 59.1 Å². The van der Waals surface area contributed by atoms with Gasteiger partial charge in [-0.2, -0.15) is 0 Å². The molecular formula is C21H32O4. The van der Waals surface area contributed by atoms with Gasteiger partial charge in [-0.1, -0.05) is 13.8 Å². The number of fused-ring (bicyclic) bond motifs is 7. The van der Waals surface area contributed by atoms with Gasteiger partial charge in [0.2, 0.25) is 0 Å². The highest BCUT2D eigenvalue weighted by Crippen LogP contribution is 2.69. The average Bonchev–Trinajstić information content (AvgIpc) is 3.28. The van der Waals surface area contributed by atoms with Crippen LogP contribution in [0.1, 0.15) is 72.1 Å². The van der Waals surface area contributed by atoms with E-state index in [0.717, 1.165) is 44.9 Å². The zero-order valence-electron chi connectivity index (χ0n) is 15.8. The lowest BCUT2D eigenvalue weighted by molar-refractivity contribution is -0.206. The van der Waals surface area contributed by atoms with E-state index >= 15 is 0 Å². The predicted octanol–water partition coefficient (Wildman–Crippen LogP) is 3.45.